The molecule has 1 aromatic heterocycles. The topological polar surface area (TPSA) is 60.2 Å². The first-order valence-corrected chi connectivity index (χ1v) is 4.04. The molecule has 3 N–H and O–H groups in total. The number of nitrogens with two attached hydrogens (primary N) is 1. The minimum atomic E-state index is 0.567. The van der Waals surface area contributed by atoms with Crippen molar-refractivity contribution >= 4 is 5.82 Å². The summed E-state index contributed by atoms with van der Waals surface area (Å²) in [6, 6.07) is 5.37. The molecule has 0 atom stereocenters. The van der Waals surface area contributed by atoms with Gasteiger partial charge in [-0.3, -0.25) is 0 Å². The van der Waals surface area contributed by atoms with E-state index in [9.17, 15) is 0 Å². The molecule has 0 bridgehead atoms. The van der Waals surface area contributed by atoms with Crippen LogP contribution in [0.3, 0.4) is 0 Å². The predicted octanol–water partition coefficient (Wildman–Crippen LogP) is 1.32. The Hall–Kier alpha value is -1.55. The number of ether oxygens (including phenoxy) is 1. The Labute approximate surface area is 77.4 Å². The van der Waals surface area contributed by atoms with Crippen LogP contribution in [0.2, 0.25) is 0 Å². The molecule has 0 radical (unpaired) electrons. The van der Waals surface area contributed by atoms with Gasteiger partial charge >= 0.3 is 0 Å². The third kappa shape index (κ3) is 3.13. The summed E-state index contributed by atoms with van der Waals surface area (Å²) in [6.45, 7) is 4.18. The lowest BCUT2D eigenvalue weighted by Crippen LogP contribution is -2.09. The minimum Gasteiger partial charge on any atom is -0.477 e. The van der Waals surface area contributed by atoms with Gasteiger partial charge in [0, 0.05) is 6.07 Å². The van der Waals surface area contributed by atoms with Gasteiger partial charge in [-0.2, -0.15) is 4.98 Å². The van der Waals surface area contributed by atoms with E-state index in [1.165, 1.54) is 0 Å². The Morgan fingerprint density at radius 3 is 3.15 bits per heavy atom. The molecule has 0 saturated heterocycles. The van der Waals surface area contributed by atoms with Crippen LogP contribution in [-0.4, -0.2) is 11.6 Å². The van der Waals surface area contributed by atoms with Crippen molar-refractivity contribution in [2.24, 2.45) is 5.84 Å². The third-order valence-electron chi connectivity index (χ3n) is 1.44. The summed E-state index contributed by atoms with van der Waals surface area (Å²) in [4.78, 5) is 4.07. The maximum Gasteiger partial charge on any atom is 0.215 e. The lowest BCUT2D eigenvalue weighted by molar-refractivity contribution is 0.313. The summed E-state index contributed by atoms with van der Waals surface area (Å²) in [5.41, 5.74) is 2.45. The fraction of sp³-hybridized carbons (Fsp3) is 0.222. The van der Waals surface area contributed by atoms with Crippen molar-refractivity contribution in [3.8, 4) is 5.88 Å². The number of pyridine rings is 1. The molecule has 0 fully saturated rings. The second kappa shape index (κ2) is 5.16. The molecule has 13 heavy (non-hydrogen) atoms. The molecule has 4 heteroatoms. The van der Waals surface area contributed by atoms with Crippen LogP contribution in [0.4, 0.5) is 5.82 Å². The van der Waals surface area contributed by atoms with Crippen LogP contribution >= 0.6 is 0 Å². The maximum atomic E-state index is 5.31. The zero-order chi connectivity index (χ0) is 9.52. The van der Waals surface area contributed by atoms with E-state index >= 15 is 0 Å². The first-order chi connectivity index (χ1) is 6.36. The molecule has 1 heterocycles. The lowest BCUT2D eigenvalue weighted by atomic mass is 10.4. The number of hydrazine groups is 1. The van der Waals surface area contributed by atoms with Gasteiger partial charge in [-0.25, -0.2) is 5.84 Å². The fourth-order valence-electron chi connectivity index (χ4n) is 0.822. The van der Waals surface area contributed by atoms with Crippen molar-refractivity contribution in [1.82, 2.24) is 4.98 Å². The molecule has 1 aromatic rings. The van der Waals surface area contributed by atoms with E-state index in [-0.39, 0.29) is 0 Å². The quantitative estimate of drug-likeness (QED) is 0.310. The summed E-state index contributed by atoms with van der Waals surface area (Å²) in [6.07, 6.45) is 2.60. The molecule has 0 aliphatic rings. The number of anilines is 1. The average molecular weight is 179 g/mol. The zero-order valence-electron chi connectivity index (χ0n) is 7.36. The predicted molar refractivity (Wildman–Crippen MR) is 52.4 cm³/mol. The first-order valence-electron chi connectivity index (χ1n) is 4.04. The number of rotatable bonds is 5. The molecule has 1 rings (SSSR count). The van der Waals surface area contributed by atoms with Crippen molar-refractivity contribution in [1.29, 1.82) is 0 Å². The number of nitrogens with one attached hydrogen (secondary N) is 1. The molecular weight excluding hydrogens is 166 g/mol. The lowest BCUT2D eigenvalue weighted by Gasteiger charge is -2.04. The molecular formula is C9H13N3O. The second-order valence-corrected chi connectivity index (χ2v) is 2.43. The summed E-state index contributed by atoms with van der Waals surface area (Å²) >= 11 is 0. The zero-order valence-corrected chi connectivity index (χ0v) is 7.36. The monoisotopic (exact) mass is 179 g/mol. The smallest absolute Gasteiger partial charge is 0.215 e. The van der Waals surface area contributed by atoms with Crippen molar-refractivity contribution < 1.29 is 4.74 Å². The highest BCUT2D eigenvalue weighted by Gasteiger charge is 1.95. The van der Waals surface area contributed by atoms with Crippen LogP contribution in [0.5, 0.6) is 5.88 Å². The van der Waals surface area contributed by atoms with E-state index in [2.05, 4.69) is 17.0 Å². The van der Waals surface area contributed by atoms with Gasteiger partial charge in [0.15, 0.2) is 0 Å². The number of nitrogens with zero attached hydrogens (tertiary/aromatic N) is 1. The van der Waals surface area contributed by atoms with Crippen molar-refractivity contribution in [2.75, 3.05) is 12.0 Å². The van der Waals surface area contributed by atoms with Gasteiger partial charge in [0.1, 0.15) is 5.82 Å². The second-order valence-electron chi connectivity index (χ2n) is 2.43. The Bertz CT molecular complexity index is 275. The summed E-state index contributed by atoms with van der Waals surface area (Å²) in [7, 11) is 0. The highest BCUT2D eigenvalue weighted by molar-refractivity contribution is 5.35. The van der Waals surface area contributed by atoms with Gasteiger partial charge in [-0.1, -0.05) is 12.1 Å². The van der Waals surface area contributed by atoms with E-state index in [1.54, 1.807) is 18.2 Å². The molecule has 0 aliphatic carbocycles. The number of nitrogen functional groups attached to an aromatic ring is 1. The average Bonchev–Trinajstić information content (AvgIpc) is 2.19. The standard InChI is InChI=1S/C9H13N3O/c1-2-3-7-13-9-6-4-5-8(11-9)12-10/h2,4-6H,1,3,7,10H2,(H,11,12). The van der Waals surface area contributed by atoms with Crippen LogP contribution < -0.4 is 16.0 Å². The highest BCUT2D eigenvalue weighted by atomic mass is 16.5. The van der Waals surface area contributed by atoms with Crippen LogP contribution in [0.25, 0.3) is 0 Å². The van der Waals surface area contributed by atoms with Crippen molar-refractivity contribution in [3.63, 3.8) is 0 Å². The molecule has 70 valence electrons. The molecule has 0 unspecified atom stereocenters. The molecule has 0 aliphatic heterocycles. The summed E-state index contributed by atoms with van der Waals surface area (Å²) in [5, 5.41) is 0. The summed E-state index contributed by atoms with van der Waals surface area (Å²) < 4.78 is 5.31. The molecule has 0 amide bonds. The van der Waals surface area contributed by atoms with Crippen LogP contribution in [0, 0.1) is 0 Å². The maximum absolute atomic E-state index is 5.31. The SMILES string of the molecule is C=CCCOc1cccc(NN)n1. The van der Waals surface area contributed by atoms with Gasteiger partial charge in [0.25, 0.3) is 0 Å². The van der Waals surface area contributed by atoms with Gasteiger partial charge in [0.05, 0.1) is 6.61 Å². The van der Waals surface area contributed by atoms with E-state index < -0.39 is 0 Å². The number of aromatic nitrogens is 1. The fourth-order valence-corrected chi connectivity index (χ4v) is 0.822. The van der Waals surface area contributed by atoms with Gasteiger partial charge in [-0.15, -0.1) is 6.58 Å². The molecule has 0 aromatic carbocycles. The van der Waals surface area contributed by atoms with Crippen molar-refractivity contribution in [2.45, 2.75) is 6.42 Å². The molecule has 0 saturated carbocycles. The Morgan fingerprint density at radius 1 is 1.62 bits per heavy atom. The van der Waals surface area contributed by atoms with Gasteiger partial charge in [0.2, 0.25) is 5.88 Å². The Kier molecular flexibility index (Phi) is 3.78. The van der Waals surface area contributed by atoms with Crippen LogP contribution in [0.1, 0.15) is 6.42 Å². The summed E-state index contributed by atoms with van der Waals surface area (Å²) in [5.74, 6) is 6.35. The number of hydrogen-bond acceptors (Lipinski definition) is 4. The van der Waals surface area contributed by atoms with Crippen molar-refractivity contribution in [3.05, 3.63) is 30.9 Å². The van der Waals surface area contributed by atoms with E-state index in [0.717, 1.165) is 6.42 Å². The highest BCUT2D eigenvalue weighted by Crippen LogP contribution is 2.10. The van der Waals surface area contributed by atoms with Gasteiger partial charge < -0.3 is 10.2 Å². The molecule has 4 nitrogen and oxygen atoms in total. The molecule has 0 spiro atoms. The Morgan fingerprint density at radius 2 is 2.46 bits per heavy atom. The van der Waals surface area contributed by atoms with E-state index in [4.69, 9.17) is 10.6 Å². The van der Waals surface area contributed by atoms with E-state index in [0.29, 0.717) is 18.3 Å². The first kappa shape index (κ1) is 9.54. The van der Waals surface area contributed by atoms with Gasteiger partial charge in [-0.05, 0) is 12.5 Å². The number of hydrogen-bond donors (Lipinski definition) is 2. The largest absolute Gasteiger partial charge is 0.477 e. The third-order valence-corrected chi connectivity index (χ3v) is 1.44. The normalized spacial score (nSPS) is 9.31. The van der Waals surface area contributed by atoms with Crippen LogP contribution in [0.15, 0.2) is 30.9 Å². The van der Waals surface area contributed by atoms with E-state index in [1.807, 2.05) is 6.07 Å². The Balaban J connectivity index is 2.50. The van der Waals surface area contributed by atoms with Crippen LogP contribution in [-0.2, 0) is 0 Å². The minimum absolute atomic E-state index is 0.567.